The molecule has 5 heteroatoms. The van der Waals surface area contributed by atoms with Crippen molar-refractivity contribution in [3.63, 3.8) is 0 Å². The molecule has 1 aliphatic heterocycles. The second kappa shape index (κ2) is 7.24. The summed E-state index contributed by atoms with van der Waals surface area (Å²) in [5, 5.41) is 0. The van der Waals surface area contributed by atoms with Gasteiger partial charge in [0, 0.05) is 32.9 Å². The Hall–Kier alpha value is -2.40. The van der Waals surface area contributed by atoms with Crippen LogP contribution in [0.15, 0.2) is 48.8 Å². The molecule has 0 spiro atoms. The number of anilines is 1. The Morgan fingerprint density at radius 2 is 1.96 bits per heavy atom. The van der Waals surface area contributed by atoms with E-state index in [4.69, 9.17) is 4.74 Å². The maximum Gasteiger partial charge on any atom is 0.255 e. The summed E-state index contributed by atoms with van der Waals surface area (Å²) in [6.45, 7) is 3.68. The van der Waals surface area contributed by atoms with E-state index in [1.807, 2.05) is 43.4 Å². The summed E-state index contributed by atoms with van der Waals surface area (Å²) in [6.07, 6.45) is 3.44. The minimum atomic E-state index is -0.0172. The second-order valence-corrected chi connectivity index (χ2v) is 5.68. The number of hydrogen-bond donors (Lipinski definition) is 0. The molecule has 0 unspecified atom stereocenters. The number of rotatable bonds is 4. The average Bonchev–Trinajstić information content (AvgIpc) is 2.63. The lowest BCUT2D eigenvalue weighted by molar-refractivity contribution is 0.0784. The van der Waals surface area contributed by atoms with Crippen molar-refractivity contribution in [2.24, 2.45) is 0 Å². The van der Waals surface area contributed by atoms with Crippen molar-refractivity contribution in [2.75, 3.05) is 38.3 Å². The van der Waals surface area contributed by atoms with Crippen molar-refractivity contribution < 1.29 is 9.53 Å². The van der Waals surface area contributed by atoms with E-state index >= 15 is 0 Å². The topological polar surface area (TPSA) is 45.7 Å². The SMILES string of the molecule is CN(Cc1ccccc1)C(=O)c1cncc(N2CCOCC2)c1. The van der Waals surface area contributed by atoms with Crippen LogP contribution in [0.5, 0.6) is 0 Å². The van der Waals surface area contributed by atoms with Gasteiger partial charge in [0.15, 0.2) is 0 Å². The molecule has 0 aliphatic carbocycles. The maximum absolute atomic E-state index is 12.6. The molecule has 0 atom stereocenters. The van der Waals surface area contributed by atoms with Gasteiger partial charge in [-0.05, 0) is 11.6 Å². The number of ether oxygens (including phenoxy) is 1. The molecule has 1 aromatic heterocycles. The van der Waals surface area contributed by atoms with Gasteiger partial charge in [-0.15, -0.1) is 0 Å². The summed E-state index contributed by atoms with van der Waals surface area (Å²) < 4.78 is 5.37. The van der Waals surface area contributed by atoms with Crippen LogP contribution < -0.4 is 4.90 Å². The van der Waals surface area contributed by atoms with E-state index in [1.54, 1.807) is 17.3 Å². The fraction of sp³-hybridized carbons (Fsp3) is 0.333. The molecule has 0 N–H and O–H groups in total. The lowest BCUT2D eigenvalue weighted by Crippen LogP contribution is -2.36. The lowest BCUT2D eigenvalue weighted by Gasteiger charge is -2.29. The molecule has 1 aromatic carbocycles. The Morgan fingerprint density at radius 1 is 1.22 bits per heavy atom. The highest BCUT2D eigenvalue weighted by Crippen LogP contribution is 2.17. The van der Waals surface area contributed by atoms with E-state index in [1.165, 1.54) is 0 Å². The smallest absolute Gasteiger partial charge is 0.255 e. The third-order valence-corrected chi connectivity index (χ3v) is 3.96. The van der Waals surface area contributed by atoms with Crippen LogP contribution in [0, 0.1) is 0 Å². The molecule has 1 fully saturated rings. The standard InChI is InChI=1S/C18H21N3O2/c1-20(14-15-5-3-2-4-6-15)18(22)16-11-17(13-19-12-16)21-7-9-23-10-8-21/h2-6,11-13H,7-10,14H2,1H3. The molecule has 2 aromatic rings. The molecule has 1 aliphatic rings. The van der Waals surface area contributed by atoms with Gasteiger partial charge in [0.1, 0.15) is 0 Å². The zero-order valence-electron chi connectivity index (χ0n) is 13.3. The fourth-order valence-corrected chi connectivity index (χ4v) is 2.69. The number of aromatic nitrogens is 1. The van der Waals surface area contributed by atoms with Crippen molar-refractivity contribution in [3.8, 4) is 0 Å². The molecule has 5 nitrogen and oxygen atoms in total. The molecule has 1 amide bonds. The van der Waals surface area contributed by atoms with Gasteiger partial charge in [0.25, 0.3) is 5.91 Å². The number of amides is 1. The first-order valence-electron chi connectivity index (χ1n) is 7.81. The van der Waals surface area contributed by atoms with Crippen LogP contribution in [-0.4, -0.2) is 49.1 Å². The van der Waals surface area contributed by atoms with Gasteiger partial charge in [-0.2, -0.15) is 0 Å². The Balaban J connectivity index is 1.71. The van der Waals surface area contributed by atoms with E-state index in [-0.39, 0.29) is 5.91 Å². The van der Waals surface area contributed by atoms with Crippen molar-refractivity contribution in [2.45, 2.75) is 6.54 Å². The van der Waals surface area contributed by atoms with Gasteiger partial charge in [0.2, 0.25) is 0 Å². The maximum atomic E-state index is 12.6. The van der Waals surface area contributed by atoms with Gasteiger partial charge in [-0.1, -0.05) is 30.3 Å². The van der Waals surface area contributed by atoms with Crippen LogP contribution in [-0.2, 0) is 11.3 Å². The predicted octanol–water partition coefficient (Wildman–Crippen LogP) is 2.19. The monoisotopic (exact) mass is 311 g/mol. The minimum Gasteiger partial charge on any atom is -0.378 e. The summed E-state index contributed by atoms with van der Waals surface area (Å²) in [4.78, 5) is 20.8. The molecular weight excluding hydrogens is 290 g/mol. The van der Waals surface area contributed by atoms with E-state index < -0.39 is 0 Å². The Morgan fingerprint density at radius 3 is 2.70 bits per heavy atom. The Labute approximate surface area is 136 Å². The molecule has 1 saturated heterocycles. The number of morpholine rings is 1. The zero-order valence-corrected chi connectivity index (χ0v) is 13.3. The Bertz CT molecular complexity index is 654. The number of hydrogen-bond acceptors (Lipinski definition) is 4. The first-order valence-corrected chi connectivity index (χ1v) is 7.81. The zero-order chi connectivity index (χ0) is 16.1. The van der Waals surface area contributed by atoms with Gasteiger partial charge >= 0.3 is 0 Å². The summed E-state index contributed by atoms with van der Waals surface area (Å²) in [7, 11) is 1.82. The fourth-order valence-electron chi connectivity index (χ4n) is 2.69. The lowest BCUT2D eigenvalue weighted by atomic mass is 10.2. The molecule has 0 bridgehead atoms. The van der Waals surface area contributed by atoms with Gasteiger partial charge in [-0.3, -0.25) is 9.78 Å². The number of nitrogens with zero attached hydrogens (tertiary/aromatic N) is 3. The highest BCUT2D eigenvalue weighted by molar-refractivity contribution is 5.94. The van der Waals surface area contributed by atoms with Crippen LogP contribution in [0.3, 0.4) is 0 Å². The quantitative estimate of drug-likeness (QED) is 0.868. The van der Waals surface area contributed by atoms with Crippen LogP contribution in [0.4, 0.5) is 5.69 Å². The number of pyridine rings is 1. The second-order valence-electron chi connectivity index (χ2n) is 5.68. The van der Waals surface area contributed by atoms with E-state index in [0.717, 1.165) is 24.3 Å². The highest BCUT2D eigenvalue weighted by atomic mass is 16.5. The van der Waals surface area contributed by atoms with Crippen LogP contribution in [0.2, 0.25) is 0 Å². The van der Waals surface area contributed by atoms with Crippen molar-refractivity contribution in [3.05, 3.63) is 59.9 Å². The summed E-state index contributed by atoms with van der Waals surface area (Å²) in [5.41, 5.74) is 2.71. The van der Waals surface area contributed by atoms with Crippen LogP contribution in [0.1, 0.15) is 15.9 Å². The van der Waals surface area contributed by atoms with E-state index in [9.17, 15) is 4.79 Å². The Kier molecular flexibility index (Phi) is 4.88. The molecule has 23 heavy (non-hydrogen) atoms. The van der Waals surface area contributed by atoms with Crippen LogP contribution in [0.25, 0.3) is 0 Å². The molecular formula is C18H21N3O2. The van der Waals surface area contributed by atoms with Gasteiger partial charge < -0.3 is 14.5 Å². The first-order chi connectivity index (χ1) is 11.2. The largest absolute Gasteiger partial charge is 0.378 e. The van der Waals surface area contributed by atoms with E-state index in [0.29, 0.717) is 25.3 Å². The van der Waals surface area contributed by atoms with Crippen LogP contribution >= 0.6 is 0 Å². The number of carbonyl (C=O) groups excluding carboxylic acids is 1. The average molecular weight is 311 g/mol. The third kappa shape index (κ3) is 3.87. The third-order valence-electron chi connectivity index (χ3n) is 3.96. The normalized spacial score (nSPS) is 14.6. The molecule has 0 radical (unpaired) electrons. The highest BCUT2D eigenvalue weighted by Gasteiger charge is 2.16. The van der Waals surface area contributed by atoms with Gasteiger partial charge in [0.05, 0.1) is 30.7 Å². The number of benzene rings is 1. The minimum absolute atomic E-state index is 0.0172. The predicted molar refractivity (Wildman–Crippen MR) is 89.5 cm³/mol. The molecule has 2 heterocycles. The summed E-state index contributed by atoms with van der Waals surface area (Å²) >= 11 is 0. The van der Waals surface area contributed by atoms with Crippen molar-refractivity contribution in [1.29, 1.82) is 0 Å². The number of carbonyl (C=O) groups is 1. The van der Waals surface area contributed by atoms with Crippen molar-refractivity contribution >= 4 is 11.6 Å². The molecule has 3 rings (SSSR count). The molecule has 120 valence electrons. The molecule has 0 saturated carbocycles. The summed E-state index contributed by atoms with van der Waals surface area (Å²) in [6, 6.07) is 11.9. The van der Waals surface area contributed by atoms with Gasteiger partial charge in [-0.25, -0.2) is 0 Å². The van der Waals surface area contributed by atoms with E-state index in [2.05, 4.69) is 9.88 Å². The summed E-state index contributed by atoms with van der Waals surface area (Å²) in [5.74, 6) is -0.0172. The first kappa shape index (κ1) is 15.5. The van der Waals surface area contributed by atoms with Crippen molar-refractivity contribution in [1.82, 2.24) is 9.88 Å².